The standard InChI is InChI=1S/C28H37N5OS/c1-7-19(12-34)32-10-18-8-20(32)9-21(18)26-17(6)24-23(14(2)3)25(31-28(24)35-26)22-11-33-27(29-13-30-33)16(5)15(22)4/h11,13-14,18-21,31,34H,7-10,12H2,1-6H3/t18-,19?,20?,21+/m0/s1. The molecule has 2 bridgehead atoms. The molecule has 1 aliphatic carbocycles. The number of hydrogen-bond donors (Lipinski definition) is 2. The Morgan fingerprint density at radius 1 is 1.17 bits per heavy atom. The topological polar surface area (TPSA) is 69.5 Å². The normalized spacial score (nSPS) is 23.5. The van der Waals surface area contributed by atoms with Gasteiger partial charge in [0.1, 0.15) is 11.2 Å². The third-order valence-corrected chi connectivity index (χ3v) is 10.3. The fourth-order valence-corrected chi connectivity index (χ4v) is 8.50. The molecule has 2 fully saturated rings. The van der Waals surface area contributed by atoms with Crippen molar-refractivity contribution >= 4 is 27.2 Å². The van der Waals surface area contributed by atoms with Crippen LogP contribution >= 0.6 is 11.3 Å². The molecule has 0 radical (unpaired) electrons. The van der Waals surface area contributed by atoms with Gasteiger partial charge in [-0.2, -0.15) is 5.10 Å². The summed E-state index contributed by atoms with van der Waals surface area (Å²) in [4.78, 5) is 13.8. The van der Waals surface area contributed by atoms with Crippen LogP contribution in [-0.4, -0.2) is 54.8 Å². The third kappa shape index (κ3) is 3.35. The van der Waals surface area contributed by atoms with Crippen LogP contribution in [0.15, 0.2) is 12.5 Å². The van der Waals surface area contributed by atoms with Gasteiger partial charge in [0.2, 0.25) is 0 Å². The number of aromatic nitrogens is 4. The number of likely N-dealkylation sites (tertiary alicyclic amines) is 1. The Morgan fingerprint density at radius 3 is 2.63 bits per heavy atom. The lowest BCUT2D eigenvalue weighted by Crippen LogP contribution is -2.44. The maximum absolute atomic E-state index is 9.84. The van der Waals surface area contributed by atoms with E-state index in [0.717, 1.165) is 18.6 Å². The zero-order chi connectivity index (χ0) is 24.6. The summed E-state index contributed by atoms with van der Waals surface area (Å²) < 4.78 is 1.91. The van der Waals surface area contributed by atoms with E-state index in [1.807, 2.05) is 15.9 Å². The van der Waals surface area contributed by atoms with Crippen LogP contribution in [0.3, 0.4) is 0 Å². The van der Waals surface area contributed by atoms with E-state index in [9.17, 15) is 5.11 Å². The van der Waals surface area contributed by atoms with Gasteiger partial charge < -0.3 is 10.1 Å². The highest BCUT2D eigenvalue weighted by atomic mass is 32.1. The summed E-state index contributed by atoms with van der Waals surface area (Å²) in [6, 6.07) is 0.955. The van der Waals surface area contributed by atoms with Crippen LogP contribution in [0.2, 0.25) is 0 Å². The highest BCUT2D eigenvalue weighted by Crippen LogP contribution is 2.53. The molecule has 7 heteroatoms. The first-order chi connectivity index (χ1) is 16.8. The first-order valence-electron chi connectivity index (χ1n) is 13.1. The quantitative estimate of drug-likeness (QED) is 0.350. The second-order valence-corrected chi connectivity index (χ2v) is 12.2. The van der Waals surface area contributed by atoms with E-state index in [1.54, 1.807) is 11.2 Å². The minimum Gasteiger partial charge on any atom is -0.395 e. The number of aliphatic hydroxyl groups is 1. The maximum atomic E-state index is 9.84. The average molecular weight is 492 g/mol. The number of nitrogens with zero attached hydrogens (tertiary/aromatic N) is 4. The Bertz CT molecular complexity index is 1410. The van der Waals surface area contributed by atoms with Gasteiger partial charge in [-0.15, -0.1) is 11.3 Å². The van der Waals surface area contributed by atoms with Gasteiger partial charge >= 0.3 is 0 Å². The third-order valence-electron chi connectivity index (χ3n) is 9.01. The zero-order valence-corrected chi connectivity index (χ0v) is 22.5. The molecular formula is C28H37N5OS. The fourth-order valence-electron chi connectivity index (χ4n) is 7.07. The summed E-state index contributed by atoms with van der Waals surface area (Å²) in [5.74, 6) is 1.78. The average Bonchev–Trinajstić information content (AvgIpc) is 3.64. The van der Waals surface area contributed by atoms with Crippen LogP contribution in [0.4, 0.5) is 0 Å². The van der Waals surface area contributed by atoms with Gasteiger partial charge in [0.15, 0.2) is 5.65 Å². The summed E-state index contributed by atoms with van der Waals surface area (Å²) >= 11 is 1.99. The van der Waals surface area contributed by atoms with Gasteiger partial charge in [0.05, 0.1) is 12.3 Å². The van der Waals surface area contributed by atoms with Crippen molar-refractivity contribution in [1.82, 2.24) is 24.5 Å². The minimum atomic E-state index is 0.283. The molecule has 1 saturated heterocycles. The van der Waals surface area contributed by atoms with Crippen molar-refractivity contribution in [2.45, 2.75) is 84.7 Å². The summed E-state index contributed by atoms with van der Waals surface area (Å²) in [6.45, 7) is 14.9. The number of aryl methyl sites for hydroxylation is 2. The van der Waals surface area contributed by atoms with Crippen molar-refractivity contribution in [3.8, 4) is 11.3 Å². The first-order valence-corrected chi connectivity index (χ1v) is 14.0. The van der Waals surface area contributed by atoms with E-state index in [0.29, 0.717) is 29.8 Å². The molecule has 35 heavy (non-hydrogen) atoms. The Labute approximate surface area is 211 Å². The Kier molecular flexibility index (Phi) is 5.58. The number of aromatic amines is 1. The van der Waals surface area contributed by atoms with Crippen LogP contribution in [0.25, 0.3) is 27.1 Å². The highest BCUT2D eigenvalue weighted by molar-refractivity contribution is 7.19. The largest absolute Gasteiger partial charge is 0.395 e. The molecule has 4 atom stereocenters. The molecule has 186 valence electrons. The minimum absolute atomic E-state index is 0.283. The van der Waals surface area contributed by atoms with Gasteiger partial charge in [0, 0.05) is 40.7 Å². The first kappa shape index (κ1) is 23.2. The van der Waals surface area contributed by atoms with E-state index in [4.69, 9.17) is 0 Å². The lowest BCUT2D eigenvalue weighted by molar-refractivity contribution is 0.0865. The predicted octanol–water partition coefficient (Wildman–Crippen LogP) is 5.94. The number of pyridine rings is 1. The van der Waals surface area contributed by atoms with Crippen molar-refractivity contribution in [3.05, 3.63) is 39.7 Å². The SMILES string of the molecule is CCC(CO)N1C[C@@H]2CC1C[C@H]2c1sc2[nH]c(-c3cn4ncnc4c(C)c3C)c(C(C)C)c2c1C. The maximum Gasteiger partial charge on any atom is 0.158 e. The number of thiophene rings is 1. The monoisotopic (exact) mass is 491 g/mol. The molecule has 4 aromatic rings. The molecule has 6 nitrogen and oxygen atoms in total. The summed E-state index contributed by atoms with van der Waals surface area (Å²) in [7, 11) is 0. The number of H-pyrrole nitrogens is 1. The molecule has 1 saturated carbocycles. The number of rotatable bonds is 6. The molecule has 2 N–H and O–H groups in total. The van der Waals surface area contributed by atoms with Gasteiger partial charge in [-0.1, -0.05) is 20.8 Å². The fraction of sp³-hybridized carbons (Fsp3) is 0.571. The lowest BCUT2D eigenvalue weighted by Gasteiger charge is -2.36. The van der Waals surface area contributed by atoms with Crippen molar-refractivity contribution in [2.75, 3.05) is 13.2 Å². The Morgan fingerprint density at radius 2 is 1.97 bits per heavy atom. The van der Waals surface area contributed by atoms with Gasteiger partial charge in [-0.3, -0.25) is 4.90 Å². The van der Waals surface area contributed by atoms with E-state index in [2.05, 4.69) is 67.7 Å². The Hall–Kier alpha value is -2.22. The van der Waals surface area contributed by atoms with Crippen LogP contribution in [0, 0.1) is 26.7 Å². The molecule has 6 rings (SSSR count). The van der Waals surface area contributed by atoms with E-state index >= 15 is 0 Å². The van der Waals surface area contributed by atoms with Crippen molar-refractivity contribution in [3.63, 3.8) is 0 Å². The predicted molar refractivity (Wildman–Crippen MR) is 144 cm³/mol. The molecule has 0 amide bonds. The number of hydrogen-bond acceptors (Lipinski definition) is 5. The van der Waals surface area contributed by atoms with Crippen LogP contribution in [-0.2, 0) is 0 Å². The number of piperidine rings is 1. The molecular weight excluding hydrogens is 454 g/mol. The van der Waals surface area contributed by atoms with Gasteiger partial charge in [-0.25, -0.2) is 9.50 Å². The Balaban J connectivity index is 1.42. The smallest absolute Gasteiger partial charge is 0.158 e. The zero-order valence-electron chi connectivity index (χ0n) is 21.7. The van der Waals surface area contributed by atoms with Gasteiger partial charge in [0.25, 0.3) is 0 Å². The van der Waals surface area contributed by atoms with Crippen molar-refractivity contribution in [1.29, 1.82) is 0 Å². The highest BCUT2D eigenvalue weighted by Gasteiger charge is 2.47. The number of nitrogens with one attached hydrogen (secondary N) is 1. The van der Waals surface area contributed by atoms with E-state index in [-0.39, 0.29) is 6.61 Å². The van der Waals surface area contributed by atoms with E-state index < -0.39 is 0 Å². The number of aliphatic hydroxyl groups excluding tert-OH is 1. The summed E-state index contributed by atoms with van der Waals surface area (Å²) in [6.07, 6.45) is 7.32. The van der Waals surface area contributed by atoms with Crippen LogP contribution in [0.1, 0.15) is 79.0 Å². The molecule has 2 aliphatic rings. The van der Waals surface area contributed by atoms with Crippen molar-refractivity contribution < 1.29 is 5.11 Å². The lowest BCUT2D eigenvalue weighted by atomic mass is 9.88. The number of fused-ring (bicyclic) bond motifs is 4. The second-order valence-electron chi connectivity index (χ2n) is 11.1. The molecule has 0 aromatic carbocycles. The molecule has 4 aromatic heterocycles. The van der Waals surface area contributed by atoms with Gasteiger partial charge in [-0.05, 0) is 80.0 Å². The second kappa shape index (κ2) is 8.43. The van der Waals surface area contributed by atoms with E-state index in [1.165, 1.54) is 56.6 Å². The molecule has 1 aliphatic heterocycles. The van der Waals surface area contributed by atoms with Crippen LogP contribution in [0.5, 0.6) is 0 Å². The van der Waals surface area contributed by atoms with Crippen molar-refractivity contribution in [2.24, 2.45) is 5.92 Å². The summed E-state index contributed by atoms with van der Waals surface area (Å²) in [5.41, 5.74) is 8.75. The van der Waals surface area contributed by atoms with Crippen LogP contribution < -0.4 is 0 Å². The molecule has 2 unspecified atom stereocenters. The molecule has 0 spiro atoms. The molecule has 5 heterocycles. The summed E-state index contributed by atoms with van der Waals surface area (Å²) in [5, 5.41) is 15.7.